The smallest absolute Gasteiger partial charge is 0.308 e. The quantitative estimate of drug-likeness (QED) is 0.548. The molecule has 1 saturated carbocycles. The van der Waals surface area contributed by atoms with Gasteiger partial charge in [0.05, 0.1) is 37.3 Å². The van der Waals surface area contributed by atoms with Gasteiger partial charge in [0.25, 0.3) is 5.91 Å². The Labute approximate surface area is 208 Å². The van der Waals surface area contributed by atoms with Crippen molar-refractivity contribution in [1.29, 1.82) is 0 Å². The van der Waals surface area contributed by atoms with Crippen molar-refractivity contribution in [2.75, 3.05) is 33.4 Å². The van der Waals surface area contributed by atoms with Crippen LogP contribution in [-0.4, -0.2) is 59.7 Å². The molecule has 0 radical (unpaired) electrons. The van der Waals surface area contributed by atoms with Gasteiger partial charge in [0.1, 0.15) is 5.82 Å². The molecule has 0 unspecified atom stereocenters. The summed E-state index contributed by atoms with van der Waals surface area (Å²) in [6, 6.07) is 11.8. The van der Waals surface area contributed by atoms with E-state index in [0.29, 0.717) is 11.2 Å². The van der Waals surface area contributed by atoms with Crippen molar-refractivity contribution in [1.82, 2.24) is 14.5 Å². The number of halogens is 1. The van der Waals surface area contributed by atoms with Crippen LogP contribution in [0.15, 0.2) is 47.5 Å². The van der Waals surface area contributed by atoms with Gasteiger partial charge in [-0.3, -0.25) is 14.5 Å². The SMILES string of the molecule is COC(=O)C1CCC(n2/c(=N/C(=O)c3ccc(F)cc3)[nH]c3ccc(CN4CCOCC4)cc32)CC1. The van der Waals surface area contributed by atoms with E-state index in [1.54, 1.807) is 0 Å². The number of nitrogens with zero attached hydrogens (tertiary/aromatic N) is 3. The number of carbonyl (C=O) groups excluding carboxylic acids is 2. The fourth-order valence-corrected chi connectivity index (χ4v) is 5.23. The van der Waals surface area contributed by atoms with Gasteiger partial charge in [-0.15, -0.1) is 0 Å². The predicted molar refractivity (Wildman–Crippen MR) is 132 cm³/mol. The molecule has 1 aliphatic carbocycles. The first-order chi connectivity index (χ1) is 17.5. The van der Waals surface area contributed by atoms with Crippen molar-refractivity contribution in [2.24, 2.45) is 10.9 Å². The lowest BCUT2D eigenvalue weighted by Crippen LogP contribution is -2.35. The van der Waals surface area contributed by atoms with E-state index < -0.39 is 11.7 Å². The number of morpholine rings is 1. The molecule has 0 bridgehead atoms. The van der Waals surface area contributed by atoms with Crippen LogP contribution in [-0.2, 0) is 20.8 Å². The Balaban J connectivity index is 1.51. The lowest BCUT2D eigenvalue weighted by atomic mass is 9.86. The normalized spacial score (nSPS) is 21.6. The number of hydrogen-bond donors (Lipinski definition) is 1. The molecular formula is C27H31FN4O4. The summed E-state index contributed by atoms with van der Waals surface area (Å²) in [5.41, 5.74) is 3.83. The maximum atomic E-state index is 13.3. The van der Waals surface area contributed by atoms with E-state index in [0.717, 1.165) is 69.6 Å². The molecule has 2 aromatic carbocycles. The zero-order valence-electron chi connectivity index (χ0n) is 20.4. The molecule has 36 heavy (non-hydrogen) atoms. The molecule has 0 spiro atoms. The van der Waals surface area contributed by atoms with Crippen LogP contribution < -0.4 is 5.62 Å². The largest absolute Gasteiger partial charge is 0.469 e. The van der Waals surface area contributed by atoms with E-state index >= 15 is 0 Å². The summed E-state index contributed by atoms with van der Waals surface area (Å²) in [7, 11) is 1.43. The fraction of sp³-hybridized carbons (Fsp3) is 0.444. The Morgan fingerprint density at radius 2 is 1.81 bits per heavy atom. The molecule has 9 heteroatoms. The Kier molecular flexibility index (Phi) is 7.29. The van der Waals surface area contributed by atoms with E-state index in [2.05, 4.69) is 31.6 Å². The van der Waals surface area contributed by atoms with Crippen molar-refractivity contribution < 1.29 is 23.5 Å². The Bertz CT molecular complexity index is 1300. The van der Waals surface area contributed by atoms with Crippen LogP contribution in [0.5, 0.6) is 0 Å². The summed E-state index contributed by atoms with van der Waals surface area (Å²) in [5, 5.41) is 0. The molecule has 3 aromatic rings. The molecule has 5 rings (SSSR count). The van der Waals surface area contributed by atoms with Gasteiger partial charge in [0, 0.05) is 31.2 Å². The average molecular weight is 495 g/mol. The van der Waals surface area contributed by atoms with E-state index in [1.807, 2.05) is 6.07 Å². The van der Waals surface area contributed by atoms with Gasteiger partial charge in [-0.05, 0) is 67.6 Å². The third-order valence-corrected chi connectivity index (χ3v) is 7.20. The summed E-state index contributed by atoms with van der Waals surface area (Å²) in [6.07, 6.45) is 2.99. The number of carbonyl (C=O) groups is 2. The summed E-state index contributed by atoms with van der Waals surface area (Å²) in [6.45, 7) is 4.10. The van der Waals surface area contributed by atoms with Gasteiger partial charge in [0.15, 0.2) is 0 Å². The molecule has 1 N–H and O–H groups in total. The van der Waals surface area contributed by atoms with Crippen molar-refractivity contribution in [3.63, 3.8) is 0 Å². The summed E-state index contributed by atoms with van der Waals surface area (Å²) < 4.78 is 25.9. The lowest BCUT2D eigenvalue weighted by Gasteiger charge is -2.28. The predicted octanol–water partition coefficient (Wildman–Crippen LogP) is 3.59. The number of benzene rings is 2. The van der Waals surface area contributed by atoms with Gasteiger partial charge in [-0.2, -0.15) is 4.99 Å². The summed E-state index contributed by atoms with van der Waals surface area (Å²) in [5.74, 6) is -1.11. The van der Waals surface area contributed by atoms with Gasteiger partial charge < -0.3 is 19.0 Å². The summed E-state index contributed by atoms with van der Waals surface area (Å²) in [4.78, 5) is 35.1. The first-order valence-electron chi connectivity index (χ1n) is 12.5. The zero-order valence-corrected chi connectivity index (χ0v) is 20.4. The highest BCUT2D eigenvalue weighted by Gasteiger charge is 2.29. The van der Waals surface area contributed by atoms with Crippen LogP contribution in [0.1, 0.15) is 47.6 Å². The summed E-state index contributed by atoms with van der Waals surface area (Å²) >= 11 is 0. The first kappa shape index (κ1) is 24.4. The van der Waals surface area contributed by atoms with Gasteiger partial charge in [-0.1, -0.05) is 6.07 Å². The topological polar surface area (TPSA) is 88.9 Å². The number of methoxy groups -OCH3 is 1. The number of esters is 1. The molecule has 2 heterocycles. The highest BCUT2D eigenvalue weighted by Crippen LogP contribution is 2.34. The second-order valence-electron chi connectivity index (χ2n) is 9.51. The number of nitrogens with one attached hydrogen (secondary N) is 1. The number of rotatable bonds is 5. The van der Waals surface area contributed by atoms with Crippen molar-refractivity contribution in [3.05, 3.63) is 65.0 Å². The number of H-pyrrole nitrogens is 1. The van der Waals surface area contributed by atoms with Crippen molar-refractivity contribution in [3.8, 4) is 0 Å². The molecular weight excluding hydrogens is 463 g/mol. The van der Waals surface area contributed by atoms with E-state index in [-0.39, 0.29) is 17.9 Å². The second-order valence-corrected chi connectivity index (χ2v) is 9.51. The molecule has 1 aliphatic heterocycles. The molecule has 1 aromatic heterocycles. The molecule has 190 valence electrons. The molecule has 8 nitrogen and oxygen atoms in total. The van der Waals surface area contributed by atoms with Crippen LogP contribution in [0.3, 0.4) is 0 Å². The van der Waals surface area contributed by atoms with Crippen LogP contribution >= 0.6 is 0 Å². The number of imidazole rings is 1. The molecule has 1 saturated heterocycles. The number of hydrogen-bond acceptors (Lipinski definition) is 5. The maximum Gasteiger partial charge on any atom is 0.308 e. The van der Waals surface area contributed by atoms with Crippen LogP contribution in [0.2, 0.25) is 0 Å². The van der Waals surface area contributed by atoms with Crippen LogP contribution in [0.25, 0.3) is 11.0 Å². The number of fused-ring (bicyclic) bond motifs is 1. The van der Waals surface area contributed by atoms with Gasteiger partial charge >= 0.3 is 5.97 Å². The van der Waals surface area contributed by atoms with E-state index in [1.165, 1.54) is 36.9 Å². The highest BCUT2D eigenvalue weighted by atomic mass is 19.1. The van der Waals surface area contributed by atoms with Crippen LogP contribution in [0.4, 0.5) is 4.39 Å². The lowest BCUT2D eigenvalue weighted by molar-refractivity contribution is -0.146. The second kappa shape index (κ2) is 10.8. The minimum atomic E-state index is -0.438. The molecule has 2 aliphatic rings. The zero-order chi connectivity index (χ0) is 25.1. The monoisotopic (exact) mass is 494 g/mol. The molecule has 0 atom stereocenters. The minimum absolute atomic E-state index is 0.0815. The van der Waals surface area contributed by atoms with Crippen molar-refractivity contribution >= 4 is 22.9 Å². The fourth-order valence-electron chi connectivity index (χ4n) is 5.23. The molecule has 1 amide bonds. The van der Waals surface area contributed by atoms with E-state index in [4.69, 9.17) is 9.47 Å². The number of aromatic nitrogens is 2. The first-order valence-corrected chi connectivity index (χ1v) is 12.5. The molecule has 2 fully saturated rings. The third-order valence-electron chi connectivity index (χ3n) is 7.20. The standard InChI is InChI=1S/C27H31FN4O4/c1-35-26(34)20-5-9-22(10-6-20)32-24-16-18(17-31-12-14-36-15-13-31)2-11-23(24)29-27(32)30-25(33)19-3-7-21(28)8-4-19/h2-4,7-8,11,16,20,22H,5-6,9-10,12-15,17H2,1H3,(H,29,30,33). The van der Waals surface area contributed by atoms with Gasteiger partial charge in [0.2, 0.25) is 5.62 Å². The Morgan fingerprint density at radius 1 is 1.08 bits per heavy atom. The number of ether oxygens (including phenoxy) is 2. The minimum Gasteiger partial charge on any atom is -0.469 e. The number of amides is 1. The highest BCUT2D eigenvalue weighted by molar-refractivity contribution is 5.94. The van der Waals surface area contributed by atoms with Crippen molar-refractivity contribution in [2.45, 2.75) is 38.3 Å². The Morgan fingerprint density at radius 3 is 2.50 bits per heavy atom. The Hall–Kier alpha value is -3.30. The number of aromatic amines is 1. The van der Waals surface area contributed by atoms with E-state index in [9.17, 15) is 14.0 Å². The third kappa shape index (κ3) is 5.27. The average Bonchev–Trinajstić information content (AvgIpc) is 3.26. The maximum absolute atomic E-state index is 13.3. The van der Waals surface area contributed by atoms with Gasteiger partial charge in [-0.25, -0.2) is 4.39 Å². The van der Waals surface area contributed by atoms with Crippen LogP contribution in [0, 0.1) is 11.7 Å².